The molecule has 0 radical (unpaired) electrons. The van der Waals surface area contributed by atoms with E-state index in [4.69, 9.17) is 0 Å². The molecule has 0 aliphatic heterocycles. The number of hydrogen-bond acceptors (Lipinski definition) is 1. The average molecular weight is 244 g/mol. The van der Waals surface area contributed by atoms with Crippen LogP contribution < -0.4 is 0 Å². The van der Waals surface area contributed by atoms with Gasteiger partial charge < -0.3 is 5.11 Å². The van der Waals surface area contributed by atoms with Crippen LogP contribution in [0.15, 0.2) is 0 Å². The first-order valence-corrected chi connectivity index (χ1v) is 8.48. The Morgan fingerprint density at radius 2 is 1.33 bits per heavy atom. The lowest BCUT2D eigenvalue weighted by molar-refractivity contribution is -0.209. The molecule has 0 amide bonds. The molecule has 4 bridgehead atoms. The zero-order chi connectivity index (χ0) is 11.7. The van der Waals surface area contributed by atoms with E-state index in [9.17, 15) is 5.11 Å². The van der Waals surface area contributed by atoms with Gasteiger partial charge in [-0.1, -0.05) is 6.42 Å². The first kappa shape index (κ1) is 9.80. The highest BCUT2D eigenvalue weighted by Gasteiger charge is 2.94. The third kappa shape index (κ3) is 0.751. The summed E-state index contributed by atoms with van der Waals surface area (Å²) in [5.41, 5.74) is 0.314. The summed E-state index contributed by atoms with van der Waals surface area (Å²) in [6.07, 6.45) is 11.4. The summed E-state index contributed by atoms with van der Waals surface area (Å²) in [4.78, 5) is 0. The van der Waals surface area contributed by atoms with E-state index in [1.165, 1.54) is 51.4 Å². The van der Waals surface area contributed by atoms with Crippen LogP contribution in [0.4, 0.5) is 0 Å². The second-order valence-electron chi connectivity index (χ2n) is 8.73. The number of hydrogen-bond donors (Lipinski definition) is 1. The van der Waals surface area contributed by atoms with Crippen LogP contribution in [-0.2, 0) is 0 Å². The van der Waals surface area contributed by atoms with Gasteiger partial charge in [-0.3, -0.25) is 0 Å². The minimum atomic E-state index is -0.180. The van der Waals surface area contributed by atoms with Crippen molar-refractivity contribution in [2.24, 2.45) is 46.8 Å². The first-order valence-electron chi connectivity index (χ1n) is 8.48. The van der Waals surface area contributed by atoms with Crippen LogP contribution in [0.3, 0.4) is 0 Å². The van der Waals surface area contributed by atoms with Crippen LogP contribution in [0.5, 0.6) is 0 Å². The molecular formula is C17H24O. The third-order valence-electron chi connectivity index (χ3n) is 8.53. The van der Waals surface area contributed by atoms with E-state index in [1.54, 1.807) is 0 Å². The lowest BCUT2D eigenvalue weighted by atomic mass is 9.46. The second-order valence-corrected chi connectivity index (χ2v) is 8.73. The maximum absolute atomic E-state index is 11.7. The minimum Gasteiger partial charge on any atom is -0.389 e. The van der Waals surface area contributed by atoms with Crippen molar-refractivity contribution < 1.29 is 5.11 Å². The topological polar surface area (TPSA) is 20.2 Å². The van der Waals surface area contributed by atoms with Crippen LogP contribution in [0.2, 0.25) is 0 Å². The highest BCUT2D eigenvalue weighted by atomic mass is 16.3. The van der Waals surface area contributed by atoms with Crippen molar-refractivity contribution >= 4 is 0 Å². The molecule has 0 aromatic rings. The van der Waals surface area contributed by atoms with E-state index in [1.807, 2.05) is 0 Å². The third-order valence-corrected chi connectivity index (χ3v) is 8.53. The van der Waals surface area contributed by atoms with E-state index in [0.29, 0.717) is 17.3 Å². The van der Waals surface area contributed by atoms with Crippen LogP contribution in [0, 0.1) is 46.8 Å². The van der Waals surface area contributed by atoms with Gasteiger partial charge in [0.05, 0.1) is 5.60 Å². The Kier molecular flexibility index (Phi) is 1.40. The predicted octanol–water partition coefficient (Wildman–Crippen LogP) is 3.22. The van der Waals surface area contributed by atoms with Crippen LogP contribution in [0.25, 0.3) is 0 Å². The van der Waals surface area contributed by atoms with Gasteiger partial charge in [-0.25, -0.2) is 0 Å². The summed E-state index contributed by atoms with van der Waals surface area (Å²) in [7, 11) is 0. The minimum absolute atomic E-state index is 0.180. The van der Waals surface area contributed by atoms with Gasteiger partial charge in [0, 0.05) is 5.41 Å². The van der Waals surface area contributed by atoms with E-state index in [-0.39, 0.29) is 5.60 Å². The smallest absolute Gasteiger partial charge is 0.0768 e. The Balaban J connectivity index is 1.46. The normalized spacial score (nSPS) is 74.2. The zero-order valence-corrected chi connectivity index (χ0v) is 11.1. The largest absolute Gasteiger partial charge is 0.389 e. The van der Waals surface area contributed by atoms with Gasteiger partial charge in [-0.2, -0.15) is 0 Å². The van der Waals surface area contributed by atoms with Gasteiger partial charge in [0.2, 0.25) is 0 Å². The molecule has 7 saturated carbocycles. The molecule has 7 fully saturated rings. The Morgan fingerprint density at radius 1 is 0.778 bits per heavy atom. The van der Waals surface area contributed by atoms with Crippen molar-refractivity contribution in [2.45, 2.75) is 57.0 Å². The van der Waals surface area contributed by atoms with Gasteiger partial charge in [0.1, 0.15) is 0 Å². The quantitative estimate of drug-likeness (QED) is 0.751. The van der Waals surface area contributed by atoms with Crippen LogP contribution in [0.1, 0.15) is 51.4 Å². The molecule has 1 N–H and O–H groups in total. The van der Waals surface area contributed by atoms with E-state index in [0.717, 1.165) is 29.6 Å². The Labute approximate surface area is 109 Å². The Bertz CT molecular complexity index is 389. The molecule has 2 atom stereocenters. The molecule has 0 aromatic heterocycles. The van der Waals surface area contributed by atoms with Gasteiger partial charge in [0.15, 0.2) is 0 Å². The monoisotopic (exact) mass is 244 g/mol. The van der Waals surface area contributed by atoms with Crippen molar-refractivity contribution in [1.29, 1.82) is 0 Å². The molecule has 2 unspecified atom stereocenters. The molecule has 7 aliphatic rings. The zero-order valence-electron chi connectivity index (χ0n) is 11.1. The summed E-state index contributed by atoms with van der Waals surface area (Å²) in [6, 6.07) is 0. The molecule has 7 rings (SSSR count). The molecule has 98 valence electrons. The maximum Gasteiger partial charge on any atom is 0.0768 e. The van der Waals surface area contributed by atoms with Gasteiger partial charge >= 0.3 is 0 Å². The number of aliphatic hydroxyl groups is 1. The molecule has 1 heteroatoms. The fourth-order valence-electron chi connectivity index (χ4n) is 8.33. The Morgan fingerprint density at radius 3 is 1.83 bits per heavy atom. The fourth-order valence-corrected chi connectivity index (χ4v) is 8.33. The molecule has 0 heterocycles. The average Bonchev–Trinajstić information content (AvgIpc) is 3.25. The summed E-state index contributed by atoms with van der Waals surface area (Å²) in [5.74, 6) is 6.36. The molecule has 0 spiro atoms. The number of fused-ring (bicyclic) bond motifs is 2. The maximum atomic E-state index is 11.7. The highest BCUT2D eigenvalue weighted by Crippen LogP contribution is 2.94. The molecule has 7 aliphatic carbocycles. The molecule has 1 nitrogen and oxygen atoms in total. The lowest BCUT2D eigenvalue weighted by Gasteiger charge is -2.61. The molecule has 18 heavy (non-hydrogen) atoms. The van der Waals surface area contributed by atoms with Crippen molar-refractivity contribution in [2.75, 3.05) is 0 Å². The van der Waals surface area contributed by atoms with E-state index < -0.39 is 0 Å². The van der Waals surface area contributed by atoms with Crippen molar-refractivity contribution in [3.63, 3.8) is 0 Å². The highest BCUT2D eigenvalue weighted by molar-refractivity contribution is 5.41. The summed E-state index contributed by atoms with van der Waals surface area (Å²) in [6.45, 7) is 0. The number of rotatable bonds is 1. The fraction of sp³-hybridized carbons (Fsp3) is 1.00. The Hall–Kier alpha value is -0.0400. The first-order chi connectivity index (χ1) is 8.76. The standard InChI is InChI=1S/C17H24O/c18-17(16-13-2-1-3-14(16)15(13)16)11-5-9-4-10(7-11)8-12(17)6-9/h9-15,18H,1-8H2. The summed E-state index contributed by atoms with van der Waals surface area (Å²) in [5, 5.41) is 11.7. The van der Waals surface area contributed by atoms with Crippen LogP contribution >= 0.6 is 0 Å². The molecular weight excluding hydrogens is 220 g/mol. The molecule has 0 saturated heterocycles. The molecule has 0 aromatic carbocycles. The van der Waals surface area contributed by atoms with Crippen molar-refractivity contribution in [3.05, 3.63) is 0 Å². The predicted molar refractivity (Wildman–Crippen MR) is 68.7 cm³/mol. The van der Waals surface area contributed by atoms with Crippen molar-refractivity contribution in [1.82, 2.24) is 0 Å². The van der Waals surface area contributed by atoms with Crippen LogP contribution in [-0.4, -0.2) is 10.7 Å². The summed E-state index contributed by atoms with van der Waals surface area (Å²) < 4.78 is 0. The van der Waals surface area contributed by atoms with Gasteiger partial charge in [0.25, 0.3) is 0 Å². The summed E-state index contributed by atoms with van der Waals surface area (Å²) >= 11 is 0. The lowest BCUT2D eigenvalue weighted by Crippen LogP contribution is -2.62. The van der Waals surface area contributed by atoms with E-state index >= 15 is 0 Å². The van der Waals surface area contributed by atoms with Crippen molar-refractivity contribution in [3.8, 4) is 0 Å². The second kappa shape index (κ2) is 2.57. The SMILES string of the molecule is OC1(C23C4CCCC2C43)C2CC3CC(C2)CC1C3. The van der Waals surface area contributed by atoms with E-state index in [2.05, 4.69) is 0 Å². The van der Waals surface area contributed by atoms with Gasteiger partial charge in [-0.15, -0.1) is 0 Å². The van der Waals surface area contributed by atoms with Gasteiger partial charge in [-0.05, 0) is 86.4 Å².